The number of aromatic nitrogens is 1. The highest BCUT2D eigenvalue weighted by molar-refractivity contribution is 7.22. The molecule has 0 saturated carbocycles. The first-order chi connectivity index (χ1) is 16.7. The number of carbonyl (C=O) groups is 1. The fourth-order valence-corrected chi connectivity index (χ4v) is 5.18. The third-order valence-electron chi connectivity index (χ3n) is 6.18. The Balaban J connectivity index is 1.53. The number of para-hydroxylation sites is 1. The SMILES string of the molecule is CCCCOc1ccc(C(=O)N(CCCN2CCOCC2)c2nc3c(CC)cccc3s2)cc1. The standard InChI is InChI=1S/C27H35N3O3S/c1-3-5-18-33-23-12-10-22(11-13-23)26(31)30(15-7-14-29-16-19-32-20-17-29)27-28-25-21(4-2)8-6-9-24(25)34-27/h6,8-13H,3-5,7,14-20H2,1-2H3. The summed E-state index contributed by atoms with van der Waals surface area (Å²) in [4.78, 5) is 22.8. The minimum Gasteiger partial charge on any atom is -0.494 e. The Morgan fingerprint density at radius 3 is 2.65 bits per heavy atom. The number of thiazole rings is 1. The highest BCUT2D eigenvalue weighted by Crippen LogP contribution is 2.32. The number of anilines is 1. The molecule has 0 unspecified atom stereocenters. The highest BCUT2D eigenvalue weighted by Gasteiger charge is 2.22. The van der Waals surface area contributed by atoms with Crippen LogP contribution in [-0.2, 0) is 11.2 Å². The molecule has 7 heteroatoms. The normalized spacial score (nSPS) is 14.4. The number of aryl methyl sites for hydroxylation is 1. The number of rotatable bonds is 11. The van der Waals surface area contributed by atoms with Crippen molar-refractivity contribution < 1.29 is 14.3 Å². The number of hydrogen-bond acceptors (Lipinski definition) is 6. The van der Waals surface area contributed by atoms with E-state index in [1.165, 1.54) is 5.56 Å². The second-order valence-electron chi connectivity index (χ2n) is 8.60. The molecule has 3 aromatic rings. The molecule has 2 heterocycles. The van der Waals surface area contributed by atoms with E-state index in [0.717, 1.165) is 79.6 Å². The second-order valence-corrected chi connectivity index (χ2v) is 9.61. The molecule has 34 heavy (non-hydrogen) atoms. The predicted molar refractivity (Wildman–Crippen MR) is 139 cm³/mol. The second kappa shape index (κ2) is 12.3. The summed E-state index contributed by atoms with van der Waals surface area (Å²) in [6.07, 6.45) is 3.93. The maximum Gasteiger partial charge on any atom is 0.260 e. The zero-order valence-electron chi connectivity index (χ0n) is 20.3. The maximum absolute atomic E-state index is 13.6. The van der Waals surface area contributed by atoms with Crippen molar-refractivity contribution in [2.45, 2.75) is 39.5 Å². The van der Waals surface area contributed by atoms with Gasteiger partial charge >= 0.3 is 0 Å². The Bertz CT molecular complexity index is 1060. The van der Waals surface area contributed by atoms with Crippen LogP contribution in [0.2, 0.25) is 0 Å². The molecular weight excluding hydrogens is 446 g/mol. The topological polar surface area (TPSA) is 54.9 Å². The molecule has 2 aromatic carbocycles. The summed E-state index contributed by atoms with van der Waals surface area (Å²) >= 11 is 1.60. The lowest BCUT2D eigenvalue weighted by Gasteiger charge is -2.27. The Labute approximate surface area is 206 Å². The van der Waals surface area contributed by atoms with Crippen LogP contribution in [0.3, 0.4) is 0 Å². The number of morpholine rings is 1. The number of ether oxygens (including phenoxy) is 2. The van der Waals surface area contributed by atoms with E-state index in [1.54, 1.807) is 11.3 Å². The summed E-state index contributed by atoms with van der Waals surface area (Å²) in [5.41, 5.74) is 2.88. The molecule has 0 aliphatic carbocycles. The number of fused-ring (bicyclic) bond motifs is 1. The van der Waals surface area contributed by atoms with Crippen molar-refractivity contribution >= 4 is 32.6 Å². The van der Waals surface area contributed by atoms with Gasteiger partial charge in [0.05, 0.1) is 30.0 Å². The number of benzene rings is 2. The van der Waals surface area contributed by atoms with Gasteiger partial charge in [0.25, 0.3) is 5.91 Å². The molecule has 182 valence electrons. The Morgan fingerprint density at radius 2 is 1.91 bits per heavy atom. The quantitative estimate of drug-likeness (QED) is 0.343. The summed E-state index contributed by atoms with van der Waals surface area (Å²) < 4.78 is 12.4. The molecule has 1 aliphatic rings. The van der Waals surface area contributed by atoms with Gasteiger partial charge in [-0.05, 0) is 55.2 Å². The minimum atomic E-state index is -0.0146. The Hall–Kier alpha value is -2.48. The third-order valence-corrected chi connectivity index (χ3v) is 7.22. The van der Waals surface area contributed by atoms with Gasteiger partial charge in [0, 0.05) is 31.7 Å². The van der Waals surface area contributed by atoms with E-state index in [4.69, 9.17) is 14.5 Å². The van der Waals surface area contributed by atoms with Gasteiger partial charge in [-0.15, -0.1) is 0 Å². The van der Waals surface area contributed by atoms with E-state index in [9.17, 15) is 4.79 Å². The van der Waals surface area contributed by atoms with Crippen molar-refractivity contribution in [3.63, 3.8) is 0 Å². The summed E-state index contributed by atoms with van der Waals surface area (Å²) in [7, 11) is 0. The average Bonchev–Trinajstić information content (AvgIpc) is 3.31. The lowest BCUT2D eigenvalue weighted by molar-refractivity contribution is 0.0376. The van der Waals surface area contributed by atoms with Gasteiger partial charge in [0.15, 0.2) is 5.13 Å². The Morgan fingerprint density at radius 1 is 1.12 bits per heavy atom. The van der Waals surface area contributed by atoms with Crippen LogP contribution in [0.1, 0.15) is 49.0 Å². The summed E-state index contributed by atoms with van der Waals surface area (Å²) in [5, 5.41) is 0.770. The maximum atomic E-state index is 13.6. The van der Waals surface area contributed by atoms with Gasteiger partial charge in [-0.25, -0.2) is 4.98 Å². The van der Waals surface area contributed by atoms with Crippen molar-refractivity contribution in [1.82, 2.24) is 9.88 Å². The molecule has 1 fully saturated rings. The van der Waals surface area contributed by atoms with E-state index in [0.29, 0.717) is 18.7 Å². The van der Waals surface area contributed by atoms with E-state index in [1.807, 2.05) is 29.2 Å². The van der Waals surface area contributed by atoms with E-state index in [2.05, 4.69) is 36.9 Å². The van der Waals surface area contributed by atoms with Gasteiger partial charge in [-0.1, -0.05) is 43.7 Å². The fraction of sp³-hybridized carbons (Fsp3) is 0.481. The van der Waals surface area contributed by atoms with Gasteiger partial charge < -0.3 is 9.47 Å². The van der Waals surface area contributed by atoms with Crippen LogP contribution in [0.15, 0.2) is 42.5 Å². The molecule has 0 radical (unpaired) electrons. The van der Waals surface area contributed by atoms with Crippen molar-refractivity contribution in [1.29, 1.82) is 0 Å². The molecule has 0 spiro atoms. The number of unbranched alkanes of at least 4 members (excludes halogenated alkanes) is 1. The predicted octanol–water partition coefficient (Wildman–Crippen LogP) is 5.41. The van der Waals surface area contributed by atoms with Crippen molar-refractivity contribution in [3.05, 3.63) is 53.6 Å². The van der Waals surface area contributed by atoms with E-state index in [-0.39, 0.29) is 5.91 Å². The van der Waals surface area contributed by atoms with E-state index < -0.39 is 0 Å². The van der Waals surface area contributed by atoms with Crippen LogP contribution in [-0.4, -0.2) is 61.8 Å². The molecule has 1 saturated heterocycles. The van der Waals surface area contributed by atoms with Gasteiger partial charge in [-0.3, -0.25) is 14.6 Å². The number of nitrogens with zero attached hydrogens (tertiary/aromatic N) is 3. The van der Waals surface area contributed by atoms with Crippen molar-refractivity contribution in [2.24, 2.45) is 0 Å². The molecule has 1 aromatic heterocycles. The smallest absolute Gasteiger partial charge is 0.260 e. The van der Waals surface area contributed by atoms with E-state index >= 15 is 0 Å². The Kier molecular flexibility index (Phi) is 8.91. The zero-order chi connectivity index (χ0) is 23.8. The van der Waals surface area contributed by atoms with Crippen LogP contribution in [0, 0.1) is 0 Å². The lowest BCUT2D eigenvalue weighted by Crippen LogP contribution is -2.39. The molecule has 1 aliphatic heterocycles. The first kappa shape index (κ1) is 24.6. The van der Waals surface area contributed by atoms with Gasteiger partial charge in [-0.2, -0.15) is 0 Å². The lowest BCUT2D eigenvalue weighted by atomic mass is 10.1. The fourth-order valence-electron chi connectivity index (χ4n) is 4.14. The molecular formula is C27H35N3O3S. The average molecular weight is 482 g/mol. The monoisotopic (exact) mass is 481 g/mol. The molecule has 4 rings (SSSR count). The summed E-state index contributed by atoms with van der Waals surface area (Å²) in [5.74, 6) is 0.788. The number of amides is 1. The third kappa shape index (κ3) is 6.14. The van der Waals surface area contributed by atoms with Gasteiger partial charge in [0.2, 0.25) is 0 Å². The van der Waals surface area contributed by atoms with Crippen LogP contribution < -0.4 is 9.64 Å². The van der Waals surface area contributed by atoms with Crippen LogP contribution in [0.4, 0.5) is 5.13 Å². The first-order valence-electron chi connectivity index (χ1n) is 12.4. The molecule has 0 atom stereocenters. The molecule has 0 bridgehead atoms. The molecule has 1 amide bonds. The van der Waals surface area contributed by atoms with Gasteiger partial charge in [0.1, 0.15) is 5.75 Å². The number of hydrogen-bond donors (Lipinski definition) is 0. The molecule has 6 nitrogen and oxygen atoms in total. The van der Waals surface area contributed by atoms with Crippen molar-refractivity contribution in [2.75, 3.05) is 50.9 Å². The van der Waals surface area contributed by atoms with Crippen molar-refractivity contribution in [3.8, 4) is 5.75 Å². The first-order valence-corrected chi connectivity index (χ1v) is 13.2. The minimum absolute atomic E-state index is 0.0146. The summed E-state index contributed by atoms with van der Waals surface area (Å²) in [6, 6.07) is 13.8. The van der Waals surface area contributed by atoms with Crippen LogP contribution in [0.25, 0.3) is 10.2 Å². The molecule has 0 N–H and O–H groups in total. The number of carbonyl (C=O) groups excluding carboxylic acids is 1. The van der Waals surface area contributed by atoms with Crippen LogP contribution >= 0.6 is 11.3 Å². The van der Waals surface area contributed by atoms with Crippen LogP contribution in [0.5, 0.6) is 5.75 Å². The largest absolute Gasteiger partial charge is 0.494 e. The highest BCUT2D eigenvalue weighted by atomic mass is 32.1. The zero-order valence-corrected chi connectivity index (χ0v) is 21.1. The summed E-state index contributed by atoms with van der Waals surface area (Å²) in [6.45, 7) is 10.0.